The Bertz CT molecular complexity index is 676. The van der Waals surface area contributed by atoms with Crippen LogP contribution in [-0.2, 0) is 13.0 Å². The van der Waals surface area contributed by atoms with E-state index in [-0.39, 0.29) is 17.4 Å². The van der Waals surface area contributed by atoms with Crippen molar-refractivity contribution in [3.8, 4) is 5.75 Å². The molecule has 21 heavy (non-hydrogen) atoms. The summed E-state index contributed by atoms with van der Waals surface area (Å²) in [5, 5.41) is 12.4. The molecule has 1 atom stereocenters. The highest BCUT2D eigenvalue weighted by atomic mass is 19.1. The zero-order valence-electron chi connectivity index (χ0n) is 11.6. The van der Waals surface area contributed by atoms with Crippen molar-refractivity contribution >= 4 is 5.91 Å². The van der Waals surface area contributed by atoms with Crippen molar-refractivity contribution in [3.05, 3.63) is 47.3 Å². The normalized spacial score (nSPS) is 17.3. The van der Waals surface area contributed by atoms with Gasteiger partial charge in [-0.05, 0) is 25.5 Å². The SMILES string of the molecule is Cc1cn2c(n1)CC[C@H](NC(=O)c1c(O)cccc1F)C2. The Hall–Kier alpha value is -2.37. The number of aromatic hydroxyl groups is 1. The minimum absolute atomic E-state index is 0.0994. The van der Waals surface area contributed by atoms with Crippen molar-refractivity contribution in [2.75, 3.05) is 0 Å². The summed E-state index contributed by atoms with van der Waals surface area (Å²) in [7, 11) is 0. The number of fused-ring (bicyclic) bond motifs is 1. The number of aryl methyl sites for hydroxylation is 2. The Morgan fingerprint density at radius 1 is 1.52 bits per heavy atom. The number of benzene rings is 1. The number of imidazole rings is 1. The maximum Gasteiger partial charge on any atom is 0.258 e. The van der Waals surface area contributed by atoms with E-state index in [1.807, 2.05) is 17.7 Å². The zero-order chi connectivity index (χ0) is 15.0. The molecule has 6 heteroatoms. The molecular weight excluding hydrogens is 273 g/mol. The summed E-state index contributed by atoms with van der Waals surface area (Å²) in [6, 6.07) is 3.73. The summed E-state index contributed by atoms with van der Waals surface area (Å²) in [5.74, 6) is -0.646. The summed E-state index contributed by atoms with van der Waals surface area (Å²) < 4.78 is 15.7. The summed E-state index contributed by atoms with van der Waals surface area (Å²) in [6.07, 6.45) is 3.45. The molecule has 5 nitrogen and oxygen atoms in total. The minimum Gasteiger partial charge on any atom is -0.507 e. The molecule has 0 radical (unpaired) electrons. The molecule has 0 spiro atoms. The summed E-state index contributed by atoms with van der Waals surface area (Å²) >= 11 is 0. The molecule has 1 aromatic heterocycles. The Kier molecular flexibility index (Phi) is 3.37. The first-order chi connectivity index (χ1) is 10.0. The van der Waals surface area contributed by atoms with Crippen LogP contribution in [0, 0.1) is 12.7 Å². The van der Waals surface area contributed by atoms with Crippen LogP contribution in [0.2, 0.25) is 0 Å². The fourth-order valence-electron chi connectivity index (χ4n) is 2.70. The van der Waals surface area contributed by atoms with Gasteiger partial charge in [0.05, 0.1) is 5.69 Å². The van der Waals surface area contributed by atoms with E-state index in [1.165, 1.54) is 12.1 Å². The van der Waals surface area contributed by atoms with Gasteiger partial charge < -0.3 is 15.0 Å². The lowest BCUT2D eigenvalue weighted by atomic mass is 10.1. The van der Waals surface area contributed by atoms with Gasteiger partial charge in [-0.15, -0.1) is 0 Å². The second-order valence-electron chi connectivity index (χ2n) is 5.29. The number of nitrogens with zero attached hydrogens (tertiary/aromatic N) is 2. The number of amides is 1. The van der Waals surface area contributed by atoms with Gasteiger partial charge in [0.25, 0.3) is 5.91 Å². The van der Waals surface area contributed by atoms with E-state index in [0.717, 1.165) is 30.4 Å². The number of nitrogens with one attached hydrogen (secondary N) is 1. The van der Waals surface area contributed by atoms with Crippen LogP contribution >= 0.6 is 0 Å². The van der Waals surface area contributed by atoms with Gasteiger partial charge in [-0.2, -0.15) is 0 Å². The number of hydrogen-bond donors (Lipinski definition) is 2. The van der Waals surface area contributed by atoms with Crippen molar-refractivity contribution < 1.29 is 14.3 Å². The number of aromatic nitrogens is 2. The molecule has 0 fully saturated rings. The van der Waals surface area contributed by atoms with Crippen LogP contribution in [0.1, 0.15) is 28.3 Å². The molecule has 1 aliphatic rings. The van der Waals surface area contributed by atoms with Crippen molar-refractivity contribution in [2.45, 2.75) is 32.4 Å². The molecule has 0 saturated heterocycles. The minimum atomic E-state index is -0.720. The average Bonchev–Trinajstić information content (AvgIpc) is 2.77. The zero-order valence-corrected chi connectivity index (χ0v) is 11.6. The maximum absolute atomic E-state index is 13.7. The highest BCUT2D eigenvalue weighted by Gasteiger charge is 2.24. The Morgan fingerprint density at radius 3 is 3.10 bits per heavy atom. The Labute approximate surface area is 121 Å². The van der Waals surface area contributed by atoms with Gasteiger partial charge in [0.15, 0.2) is 0 Å². The van der Waals surface area contributed by atoms with Crippen molar-refractivity contribution in [1.82, 2.24) is 14.9 Å². The van der Waals surface area contributed by atoms with E-state index in [1.54, 1.807) is 0 Å². The van der Waals surface area contributed by atoms with Gasteiger partial charge in [-0.25, -0.2) is 9.37 Å². The van der Waals surface area contributed by atoms with Crippen LogP contribution in [-0.4, -0.2) is 26.6 Å². The van der Waals surface area contributed by atoms with E-state index in [9.17, 15) is 14.3 Å². The first-order valence-electron chi connectivity index (χ1n) is 6.85. The second kappa shape index (κ2) is 5.20. The molecule has 0 saturated carbocycles. The predicted octanol–water partition coefficient (Wildman–Crippen LogP) is 1.78. The van der Waals surface area contributed by atoms with Gasteiger partial charge in [0.1, 0.15) is 23.0 Å². The van der Waals surface area contributed by atoms with Crippen LogP contribution < -0.4 is 5.32 Å². The summed E-state index contributed by atoms with van der Waals surface area (Å²) in [4.78, 5) is 16.5. The van der Waals surface area contributed by atoms with E-state index in [4.69, 9.17) is 0 Å². The van der Waals surface area contributed by atoms with Gasteiger partial charge in [0, 0.05) is 25.2 Å². The highest BCUT2D eigenvalue weighted by Crippen LogP contribution is 2.21. The predicted molar refractivity (Wildman–Crippen MR) is 74.6 cm³/mol. The number of carbonyl (C=O) groups is 1. The smallest absolute Gasteiger partial charge is 0.258 e. The number of phenols is 1. The Balaban J connectivity index is 1.74. The molecule has 1 aliphatic heterocycles. The van der Waals surface area contributed by atoms with Gasteiger partial charge in [-0.1, -0.05) is 6.07 Å². The molecule has 1 aromatic carbocycles. The maximum atomic E-state index is 13.7. The number of halogens is 1. The van der Waals surface area contributed by atoms with Gasteiger partial charge in [0.2, 0.25) is 0 Å². The third-order valence-electron chi connectivity index (χ3n) is 3.67. The quantitative estimate of drug-likeness (QED) is 0.885. The number of rotatable bonds is 2. The average molecular weight is 289 g/mol. The molecule has 110 valence electrons. The molecule has 0 unspecified atom stereocenters. The van der Waals surface area contributed by atoms with Crippen molar-refractivity contribution in [1.29, 1.82) is 0 Å². The second-order valence-corrected chi connectivity index (χ2v) is 5.29. The monoisotopic (exact) mass is 289 g/mol. The summed E-state index contributed by atoms with van der Waals surface area (Å²) in [6.45, 7) is 2.54. The number of hydrogen-bond acceptors (Lipinski definition) is 3. The number of phenolic OH excluding ortho intramolecular Hbond substituents is 1. The molecule has 1 amide bonds. The molecule has 2 heterocycles. The van der Waals surface area contributed by atoms with E-state index in [0.29, 0.717) is 6.54 Å². The molecule has 2 N–H and O–H groups in total. The van der Waals surface area contributed by atoms with Gasteiger partial charge >= 0.3 is 0 Å². The largest absolute Gasteiger partial charge is 0.507 e. The first-order valence-corrected chi connectivity index (χ1v) is 6.85. The highest BCUT2D eigenvalue weighted by molar-refractivity contribution is 5.97. The lowest BCUT2D eigenvalue weighted by Gasteiger charge is -2.24. The van der Waals surface area contributed by atoms with Crippen LogP contribution in [0.3, 0.4) is 0 Å². The lowest BCUT2D eigenvalue weighted by Crippen LogP contribution is -2.41. The van der Waals surface area contributed by atoms with Gasteiger partial charge in [-0.3, -0.25) is 4.79 Å². The van der Waals surface area contributed by atoms with E-state index < -0.39 is 11.7 Å². The topological polar surface area (TPSA) is 67.2 Å². The fraction of sp³-hybridized carbons (Fsp3) is 0.333. The van der Waals surface area contributed by atoms with Crippen molar-refractivity contribution in [3.63, 3.8) is 0 Å². The third kappa shape index (κ3) is 2.61. The van der Waals surface area contributed by atoms with Crippen LogP contribution in [0.4, 0.5) is 4.39 Å². The van der Waals surface area contributed by atoms with Crippen LogP contribution in [0.25, 0.3) is 0 Å². The molecule has 0 bridgehead atoms. The fourth-order valence-corrected chi connectivity index (χ4v) is 2.70. The standard InChI is InChI=1S/C15H16FN3O2/c1-9-7-19-8-10(5-6-13(19)17-9)18-15(21)14-11(16)3-2-4-12(14)20/h2-4,7,10,20H,5-6,8H2,1H3,(H,18,21)/t10-/m0/s1. The van der Waals surface area contributed by atoms with E-state index >= 15 is 0 Å². The van der Waals surface area contributed by atoms with Crippen LogP contribution in [0.15, 0.2) is 24.4 Å². The number of carbonyl (C=O) groups excluding carboxylic acids is 1. The van der Waals surface area contributed by atoms with Crippen molar-refractivity contribution in [2.24, 2.45) is 0 Å². The lowest BCUT2D eigenvalue weighted by molar-refractivity contribution is 0.0920. The Morgan fingerprint density at radius 2 is 2.33 bits per heavy atom. The third-order valence-corrected chi connectivity index (χ3v) is 3.67. The molecule has 3 rings (SSSR count). The van der Waals surface area contributed by atoms with Crippen LogP contribution in [0.5, 0.6) is 5.75 Å². The first kappa shape index (κ1) is 13.6. The summed E-state index contributed by atoms with van der Waals surface area (Å²) in [5.41, 5.74) is 0.647. The molecule has 2 aromatic rings. The molecular formula is C15H16FN3O2. The molecule has 0 aliphatic carbocycles. The van der Waals surface area contributed by atoms with E-state index in [2.05, 4.69) is 10.3 Å².